The fourth-order valence-corrected chi connectivity index (χ4v) is 6.36. The van der Waals surface area contributed by atoms with Crippen molar-refractivity contribution in [2.45, 2.75) is 45.5 Å². The monoisotopic (exact) mass is 652 g/mol. The molecule has 47 heavy (non-hydrogen) atoms. The van der Waals surface area contributed by atoms with Gasteiger partial charge in [0, 0.05) is 41.4 Å². The number of nitriles is 1. The minimum atomic E-state index is -0.745. The van der Waals surface area contributed by atoms with Crippen LogP contribution in [0.5, 0.6) is 0 Å². The van der Waals surface area contributed by atoms with Crippen molar-refractivity contribution in [3.05, 3.63) is 99.7 Å². The second-order valence-corrected chi connectivity index (χ2v) is 13.2. The van der Waals surface area contributed by atoms with E-state index in [2.05, 4.69) is 0 Å². The summed E-state index contributed by atoms with van der Waals surface area (Å²) in [7, 11) is 0. The summed E-state index contributed by atoms with van der Waals surface area (Å²) in [6, 6.07) is 20.2. The number of ether oxygens (including phenoxy) is 1. The lowest BCUT2D eigenvalue weighted by Gasteiger charge is -2.42. The van der Waals surface area contributed by atoms with Gasteiger partial charge in [-0.05, 0) is 74.9 Å². The topological polar surface area (TPSA) is 142 Å². The molecular formula is C35H33ClN6O5. The smallest absolute Gasteiger partial charge is 0.419 e. The molecule has 2 aliphatic heterocycles. The van der Waals surface area contributed by atoms with Crippen molar-refractivity contribution in [1.29, 1.82) is 5.26 Å². The number of halogens is 1. The van der Waals surface area contributed by atoms with E-state index in [4.69, 9.17) is 22.1 Å². The van der Waals surface area contributed by atoms with Crippen LogP contribution in [0.1, 0.15) is 58.3 Å². The molecule has 3 heterocycles. The molecule has 0 unspecified atom stereocenters. The molecule has 1 saturated heterocycles. The molecule has 0 bridgehead atoms. The van der Waals surface area contributed by atoms with Crippen LogP contribution in [0.2, 0.25) is 5.02 Å². The average Bonchev–Trinajstić information content (AvgIpc) is 3.47. The molecule has 3 amide bonds. The van der Waals surface area contributed by atoms with E-state index < -0.39 is 29.6 Å². The number of anilines is 1. The van der Waals surface area contributed by atoms with Gasteiger partial charge in [-0.2, -0.15) is 5.26 Å². The molecule has 2 N–H and O–H groups in total. The average molecular weight is 653 g/mol. The Hall–Kier alpha value is -5.18. The highest BCUT2D eigenvalue weighted by molar-refractivity contribution is 6.31. The number of hydrogen-bond donors (Lipinski definition) is 1. The molecule has 0 saturated carbocycles. The molecule has 240 valence electrons. The molecule has 1 fully saturated rings. The number of hydrogen-bond acceptors (Lipinski definition) is 8. The van der Waals surface area contributed by atoms with Crippen molar-refractivity contribution in [2.75, 3.05) is 25.4 Å². The maximum Gasteiger partial charge on any atom is 0.419 e. The van der Waals surface area contributed by atoms with E-state index in [1.807, 2.05) is 17.0 Å². The summed E-state index contributed by atoms with van der Waals surface area (Å²) >= 11 is 6.27. The summed E-state index contributed by atoms with van der Waals surface area (Å²) in [6.45, 7) is 6.00. The second-order valence-electron chi connectivity index (χ2n) is 12.8. The Kier molecular flexibility index (Phi) is 8.26. The number of benzene rings is 3. The third-order valence-corrected chi connectivity index (χ3v) is 8.49. The normalized spacial score (nSPS) is 16.9. The van der Waals surface area contributed by atoms with Crippen molar-refractivity contribution in [2.24, 2.45) is 0 Å². The Morgan fingerprint density at radius 1 is 1.00 bits per heavy atom. The van der Waals surface area contributed by atoms with Gasteiger partial charge >= 0.3 is 6.09 Å². The number of carbonyl (C=O) groups is 4. The van der Waals surface area contributed by atoms with E-state index in [1.54, 1.807) is 86.3 Å². The van der Waals surface area contributed by atoms with Crippen LogP contribution in [0.15, 0.2) is 66.7 Å². The number of fused-ring (bicyclic) bond motifs is 2. The number of aromatic nitrogens is 1. The molecule has 6 rings (SSSR count). The number of nitrogen functional groups attached to an aromatic ring is 1. The van der Waals surface area contributed by atoms with E-state index in [9.17, 15) is 24.4 Å². The van der Waals surface area contributed by atoms with Gasteiger partial charge in [-0.1, -0.05) is 29.8 Å². The molecule has 4 aromatic rings. The Balaban J connectivity index is 1.33. The van der Waals surface area contributed by atoms with Crippen molar-refractivity contribution >= 4 is 52.0 Å². The molecule has 1 atom stereocenters. The highest BCUT2D eigenvalue weighted by Crippen LogP contribution is 2.29. The summed E-state index contributed by atoms with van der Waals surface area (Å²) in [4.78, 5) is 58.8. The Morgan fingerprint density at radius 2 is 1.70 bits per heavy atom. The second kappa shape index (κ2) is 12.2. The predicted octanol–water partition coefficient (Wildman–Crippen LogP) is 5.04. The lowest BCUT2D eigenvalue weighted by atomic mass is 10.1. The number of amides is 3. The first-order valence-corrected chi connectivity index (χ1v) is 15.5. The quantitative estimate of drug-likeness (QED) is 0.226. The van der Waals surface area contributed by atoms with Crippen LogP contribution in [0.25, 0.3) is 10.9 Å². The Bertz CT molecular complexity index is 1960. The van der Waals surface area contributed by atoms with E-state index >= 15 is 0 Å². The van der Waals surface area contributed by atoms with Crippen LogP contribution in [-0.2, 0) is 22.6 Å². The zero-order chi connectivity index (χ0) is 33.6. The highest BCUT2D eigenvalue weighted by atomic mass is 35.5. The standard InChI is InChI=1S/C35H33ClN6O5/c1-35(2,3)47-34(46)42-25(14-23-13-24(36)10-11-30(23)42)17-39-18-26(19-41-32(44)27-6-4-5-7-28(27)33(41)45)40(31(43)20-39)16-21-8-9-22(15-37)29(38)12-21/h4-14,26H,16-20,38H2,1-3H3/t26-/m1/s1. The van der Waals surface area contributed by atoms with Crippen LogP contribution in [-0.4, -0.2) is 74.4 Å². The van der Waals surface area contributed by atoms with Crippen LogP contribution < -0.4 is 5.73 Å². The zero-order valence-electron chi connectivity index (χ0n) is 26.2. The van der Waals surface area contributed by atoms with E-state index in [1.165, 1.54) is 9.47 Å². The molecule has 12 heteroatoms. The molecule has 1 aromatic heterocycles. The third kappa shape index (κ3) is 6.30. The van der Waals surface area contributed by atoms with Crippen LogP contribution in [0, 0.1) is 11.3 Å². The van der Waals surface area contributed by atoms with Crippen LogP contribution in [0.4, 0.5) is 10.5 Å². The molecule has 2 aliphatic rings. The summed E-state index contributed by atoms with van der Waals surface area (Å²) in [5.41, 5.74) is 8.51. The summed E-state index contributed by atoms with van der Waals surface area (Å²) in [5, 5.41) is 10.6. The minimum absolute atomic E-state index is 0.0149. The number of imide groups is 1. The first-order valence-electron chi connectivity index (χ1n) is 15.1. The lowest BCUT2D eigenvalue weighted by Crippen LogP contribution is -2.59. The summed E-state index contributed by atoms with van der Waals surface area (Å²) in [6.07, 6.45) is -0.559. The van der Waals surface area contributed by atoms with Crippen molar-refractivity contribution < 1.29 is 23.9 Å². The van der Waals surface area contributed by atoms with Gasteiger partial charge in [0.05, 0.1) is 41.3 Å². The van der Waals surface area contributed by atoms with Gasteiger partial charge in [0.25, 0.3) is 11.8 Å². The van der Waals surface area contributed by atoms with Crippen LogP contribution >= 0.6 is 11.6 Å². The number of piperazine rings is 1. The van der Waals surface area contributed by atoms with Crippen molar-refractivity contribution in [1.82, 2.24) is 19.3 Å². The molecule has 0 spiro atoms. The number of rotatable bonds is 6. The minimum Gasteiger partial charge on any atom is -0.443 e. The van der Waals surface area contributed by atoms with Crippen molar-refractivity contribution in [3.63, 3.8) is 0 Å². The van der Waals surface area contributed by atoms with E-state index in [0.29, 0.717) is 50.7 Å². The molecular weight excluding hydrogens is 620 g/mol. The highest BCUT2D eigenvalue weighted by Gasteiger charge is 2.41. The Morgan fingerprint density at radius 3 is 2.34 bits per heavy atom. The number of carbonyl (C=O) groups excluding carboxylic acids is 4. The van der Waals surface area contributed by atoms with Gasteiger partial charge in [0.1, 0.15) is 11.7 Å². The molecule has 11 nitrogen and oxygen atoms in total. The maximum atomic E-state index is 13.9. The SMILES string of the molecule is CC(C)(C)OC(=O)n1c(CN2CC(=O)N(Cc3ccc(C#N)c(N)c3)[C@@H](CN3C(=O)c4ccccc4C3=O)C2)cc2cc(Cl)ccc21. The zero-order valence-corrected chi connectivity index (χ0v) is 27.0. The molecule has 0 radical (unpaired) electrons. The Labute approximate surface area is 276 Å². The first kappa shape index (κ1) is 31.8. The lowest BCUT2D eigenvalue weighted by molar-refractivity contribution is -0.141. The van der Waals surface area contributed by atoms with Gasteiger partial charge in [-0.25, -0.2) is 9.36 Å². The van der Waals surface area contributed by atoms with Gasteiger partial charge in [-0.3, -0.25) is 24.2 Å². The van der Waals surface area contributed by atoms with Gasteiger partial charge in [0.2, 0.25) is 5.91 Å². The van der Waals surface area contributed by atoms with Gasteiger partial charge in [0.15, 0.2) is 0 Å². The number of nitrogens with two attached hydrogens (primary N) is 1. The summed E-state index contributed by atoms with van der Waals surface area (Å²) < 4.78 is 7.22. The van der Waals surface area contributed by atoms with Crippen molar-refractivity contribution in [3.8, 4) is 6.07 Å². The van der Waals surface area contributed by atoms with Gasteiger partial charge < -0.3 is 15.4 Å². The van der Waals surface area contributed by atoms with Crippen LogP contribution in [0.3, 0.4) is 0 Å². The largest absolute Gasteiger partial charge is 0.443 e. The summed E-state index contributed by atoms with van der Waals surface area (Å²) in [5.74, 6) is -1.07. The predicted molar refractivity (Wildman–Crippen MR) is 176 cm³/mol. The first-order chi connectivity index (χ1) is 22.3. The third-order valence-electron chi connectivity index (χ3n) is 8.25. The van der Waals surface area contributed by atoms with E-state index in [0.717, 1.165) is 5.39 Å². The van der Waals surface area contributed by atoms with E-state index in [-0.39, 0.29) is 32.1 Å². The fourth-order valence-electron chi connectivity index (χ4n) is 6.18. The maximum absolute atomic E-state index is 13.9. The molecule has 0 aliphatic carbocycles. The molecule has 3 aromatic carbocycles. The number of nitrogens with zero attached hydrogens (tertiary/aromatic N) is 5. The van der Waals surface area contributed by atoms with Gasteiger partial charge in [-0.15, -0.1) is 0 Å². The fraction of sp³-hybridized carbons (Fsp3) is 0.286.